The van der Waals surface area contributed by atoms with Crippen LogP contribution >= 0.6 is 0 Å². The summed E-state index contributed by atoms with van der Waals surface area (Å²) in [7, 11) is 0. The molecule has 0 saturated heterocycles. The van der Waals surface area contributed by atoms with Crippen LogP contribution in [0.1, 0.15) is 70.4 Å². The Hall–Kier alpha value is -2.53. The monoisotopic (exact) mass is 410 g/mol. The normalized spacial score (nSPS) is 24.2. The lowest BCUT2D eigenvalue weighted by atomic mass is 9.85. The van der Waals surface area contributed by atoms with Gasteiger partial charge in [-0.25, -0.2) is 4.39 Å². The molecule has 0 unspecified atom stereocenters. The molecule has 0 spiro atoms. The SMILES string of the molecule is CCC(=O)c1cc(C(=O)C[C@H]2C[C@@H]2CCO)cc2c1O[C@@H](CF)[C@@H]2c1ccccc1. The van der Waals surface area contributed by atoms with E-state index in [2.05, 4.69) is 0 Å². The van der Waals surface area contributed by atoms with Crippen molar-refractivity contribution in [2.45, 2.75) is 44.6 Å². The number of fused-ring (bicyclic) bond motifs is 1. The van der Waals surface area contributed by atoms with Crippen LogP contribution in [-0.2, 0) is 0 Å². The summed E-state index contributed by atoms with van der Waals surface area (Å²) in [5.74, 6) is 0.634. The molecule has 1 aliphatic carbocycles. The van der Waals surface area contributed by atoms with E-state index >= 15 is 0 Å². The second kappa shape index (κ2) is 8.68. The molecule has 30 heavy (non-hydrogen) atoms. The standard InChI is InChI=1S/C25H27FO4/c1-2-21(28)19-11-18(22(29)13-17-10-16(17)8-9-27)12-20-24(15-6-4-3-5-7-15)23(14-26)30-25(19)20/h3-7,11-12,16-17,23-24,27H,2,8-10,13-14H2,1H3/t16-,17+,23-,24+/m0/s1. The second-order valence-electron chi connectivity index (χ2n) is 8.31. The number of ketones is 2. The fraction of sp³-hybridized carbons (Fsp3) is 0.440. The zero-order valence-electron chi connectivity index (χ0n) is 17.1. The average Bonchev–Trinajstić information content (AvgIpc) is 3.38. The van der Waals surface area contributed by atoms with Crippen LogP contribution in [0.25, 0.3) is 0 Å². The minimum absolute atomic E-state index is 0.0103. The van der Waals surface area contributed by atoms with E-state index in [9.17, 15) is 14.0 Å². The third-order valence-electron chi connectivity index (χ3n) is 6.36. The number of aliphatic hydroxyl groups excluding tert-OH is 1. The Balaban J connectivity index is 1.72. The predicted octanol–water partition coefficient (Wildman–Crippen LogP) is 4.73. The van der Waals surface area contributed by atoms with Gasteiger partial charge in [0.25, 0.3) is 0 Å². The number of Topliss-reactive ketones (excluding diaryl/α,β-unsaturated/α-hetero) is 2. The summed E-state index contributed by atoms with van der Waals surface area (Å²) in [6, 6.07) is 12.9. The largest absolute Gasteiger partial charge is 0.486 e. The number of hydrogen-bond donors (Lipinski definition) is 1. The highest BCUT2D eigenvalue weighted by Gasteiger charge is 2.40. The van der Waals surface area contributed by atoms with Crippen LogP contribution in [0.3, 0.4) is 0 Å². The summed E-state index contributed by atoms with van der Waals surface area (Å²) in [4.78, 5) is 25.7. The zero-order chi connectivity index (χ0) is 21.3. The topological polar surface area (TPSA) is 63.6 Å². The number of aliphatic hydroxyl groups is 1. The quantitative estimate of drug-likeness (QED) is 0.607. The van der Waals surface area contributed by atoms with Crippen molar-refractivity contribution < 1.29 is 23.8 Å². The van der Waals surface area contributed by atoms with Gasteiger partial charge in [0.05, 0.1) is 11.5 Å². The van der Waals surface area contributed by atoms with Gasteiger partial charge in [-0.05, 0) is 42.4 Å². The minimum Gasteiger partial charge on any atom is -0.486 e. The Morgan fingerprint density at radius 2 is 1.90 bits per heavy atom. The molecule has 1 aliphatic heterocycles. The van der Waals surface area contributed by atoms with E-state index in [1.54, 1.807) is 19.1 Å². The predicted molar refractivity (Wildman–Crippen MR) is 112 cm³/mol. The van der Waals surface area contributed by atoms with Crippen molar-refractivity contribution in [2.75, 3.05) is 13.3 Å². The van der Waals surface area contributed by atoms with Crippen LogP contribution in [0, 0.1) is 11.8 Å². The van der Waals surface area contributed by atoms with Gasteiger partial charge in [-0.3, -0.25) is 9.59 Å². The smallest absolute Gasteiger partial charge is 0.166 e. The molecular weight excluding hydrogens is 383 g/mol. The number of carbonyl (C=O) groups excluding carboxylic acids is 2. The molecule has 1 fully saturated rings. The van der Waals surface area contributed by atoms with Gasteiger partial charge in [-0.1, -0.05) is 37.3 Å². The second-order valence-corrected chi connectivity index (χ2v) is 8.31. The number of benzene rings is 2. The summed E-state index contributed by atoms with van der Waals surface area (Å²) in [5.41, 5.74) is 2.49. The molecule has 158 valence electrons. The molecule has 1 heterocycles. The Morgan fingerprint density at radius 1 is 1.13 bits per heavy atom. The Bertz CT molecular complexity index is 940. The van der Waals surface area contributed by atoms with Crippen molar-refractivity contribution in [3.05, 3.63) is 64.7 Å². The summed E-state index contributed by atoms with van der Waals surface area (Å²) in [5, 5.41) is 9.09. The molecule has 4 nitrogen and oxygen atoms in total. The maximum absolute atomic E-state index is 13.9. The fourth-order valence-electron chi connectivity index (χ4n) is 4.60. The van der Waals surface area contributed by atoms with E-state index in [4.69, 9.17) is 9.84 Å². The van der Waals surface area contributed by atoms with Crippen LogP contribution in [0.5, 0.6) is 5.75 Å². The number of carbonyl (C=O) groups is 2. The molecule has 0 radical (unpaired) electrons. The Kier molecular flexibility index (Phi) is 6.00. The summed E-state index contributed by atoms with van der Waals surface area (Å²) >= 11 is 0. The number of halogens is 1. The van der Waals surface area contributed by atoms with Crippen molar-refractivity contribution in [1.82, 2.24) is 0 Å². The van der Waals surface area contributed by atoms with Crippen LogP contribution < -0.4 is 4.74 Å². The Labute approximate surface area is 176 Å². The first-order chi connectivity index (χ1) is 14.6. The molecule has 5 heteroatoms. The van der Waals surface area contributed by atoms with Crippen LogP contribution in [-0.4, -0.2) is 36.1 Å². The van der Waals surface area contributed by atoms with Gasteiger partial charge in [-0.15, -0.1) is 0 Å². The first-order valence-corrected chi connectivity index (χ1v) is 10.7. The highest BCUT2D eigenvalue weighted by Crippen LogP contribution is 2.47. The van der Waals surface area contributed by atoms with Gasteiger partial charge in [0.2, 0.25) is 0 Å². The van der Waals surface area contributed by atoms with Crippen LogP contribution in [0.15, 0.2) is 42.5 Å². The van der Waals surface area contributed by atoms with E-state index in [1.165, 1.54) is 0 Å². The summed E-state index contributed by atoms with van der Waals surface area (Å²) in [6.45, 7) is 1.23. The van der Waals surface area contributed by atoms with Crippen molar-refractivity contribution in [2.24, 2.45) is 11.8 Å². The van der Waals surface area contributed by atoms with Crippen molar-refractivity contribution in [3.8, 4) is 5.75 Å². The number of rotatable bonds is 9. The van der Waals surface area contributed by atoms with Crippen LogP contribution in [0.4, 0.5) is 4.39 Å². The van der Waals surface area contributed by atoms with Crippen molar-refractivity contribution in [3.63, 3.8) is 0 Å². The molecule has 0 bridgehead atoms. The average molecular weight is 410 g/mol. The van der Waals surface area contributed by atoms with Gasteiger partial charge in [0.1, 0.15) is 18.5 Å². The van der Waals surface area contributed by atoms with E-state index in [0.29, 0.717) is 40.7 Å². The summed E-state index contributed by atoms with van der Waals surface area (Å²) < 4.78 is 19.8. The molecule has 4 atom stereocenters. The van der Waals surface area contributed by atoms with E-state index in [0.717, 1.165) is 18.4 Å². The van der Waals surface area contributed by atoms with Gasteiger partial charge >= 0.3 is 0 Å². The number of hydrogen-bond acceptors (Lipinski definition) is 4. The van der Waals surface area contributed by atoms with E-state index < -0.39 is 12.8 Å². The molecule has 0 aromatic heterocycles. The maximum atomic E-state index is 13.9. The third kappa shape index (κ3) is 3.91. The molecule has 4 rings (SSSR count). The van der Waals surface area contributed by atoms with Crippen LogP contribution in [0.2, 0.25) is 0 Å². The van der Waals surface area contributed by atoms with E-state index in [-0.39, 0.29) is 30.5 Å². The first kappa shape index (κ1) is 20.7. The molecule has 2 aromatic rings. The lowest BCUT2D eigenvalue weighted by molar-refractivity contribution is 0.0973. The van der Waals surface area contributed by atoms with Crippen molar-refractivity contribution >= 4 is 11.6 Å². The van der Waals surface area contributed by atoms with Gasteiger partial charge < -0.3 is 9.84 Å². The lowest BCUT2D eigenvalue weighted by Crippen LogP contribution is -2.22. The highest BCUT2D eigenvalue weighted by molar-refractivity contribution is 6.04. The van der Waals surface area contributed by atoms with Gasteiger partial charge in [-0.2, -0.15) is 0 Å². The first-order valence-electron chi connectivity index (χ1n) is 10.7. The molecule has 2 aromatic carbocycles. The number of ether oxygens (including phenoxy) is 1. The van der Waals surface area contributed by atoms with Gasteiger partial charge in [0.15, 0.2) is 11.6 Å². The molecule has 0 amide bonds. The molecule has 1 N–H and O–H groups in total. The summed E-state index contributed by atoms with van der Waals surface area (Å²) in [6.07, 6.45) is 1.66. The van der Waals surface area contributed by atoms with E-state index in [1.807, 2.05) is 30.3 Å². The lowest BCUT2D eigenvalue weighted by Gasteiger charge is -2.16. The molecular formula is C25H27FO4. The fourth-order valence-corrected chi connectivity index (χ4v) is 4.60. The zero-order valence-corrected chi connectivity index (χ0v) is 17.1. The molecule has 1 saturated carbocycles. The Morgan fingerprint density at radius 3 is 2.57 bits per heavy atom. The maximum Gasteiger partial charge on any atom is 0.166 e. The third-order valence-corrected chi connectivity index (χ3v) is 6.36. The highest BCUT2D eigenvalue weighted by atomic mass is 19.1. The minimum atomic E-state index is -0.714. The number of alkyl halides is 1. The van der Waals surface area contributed by atoms with Gasteiger partial charge in [0, 0.05) is 30.6 Å². The molecule has 2 aliphatic rings. The van der Waals surface area contributed by atoms with Crippen molar-refractivity contribution in [1.29, 1.82) is 0 Å².